The van der Waals surface area contributed by atoms with Crippen molar-refractivity contribution in [1.82, 2.24) is 9.88 Å². The van der Waals surface area contributed by atoms with Crippen molar-refractivity contribution < 1.29 is 14.7 Å². The van der Waals surface area contributed by atoms with E-state index in [2.05, 4.69) is 31.0 Å². The summed E-state index contributed by atoms with van der Waals surface area (Å²) in [4.78, 5) is 30.1. The van der Waals surface area contributed by atoms with E-state index in [0.717, 1.165) is 17.5 Å². The number of nitrogens with one attached hydrogen (secondary N) is 1. The van der Waals surface area contributed by atoms with Crippen LogP contribution in [0.3, 0.4) is 0 Å². The lowest BCUT2D eigenvalue weighted by Crippen LogP contribution is -2.44. The van der Waals surface area contributed by atoms with Crippen molar-refractivity contribution >= 4 is 22.5 Å². The van der Waals surface area contributed by atoms with Gasteiger partial charge in [0.1, 0.15) is 11.6 Å². The third-order valence-corrected chi connectivity index (χ3v) is 6.52. The molecule has 5 nitrogen and oxygen atoms in total. The van der Waals surface area contributed by atoms with Gasteiger partial charge in [-0.05, 0) is 50.3 Å². The Balaban J connectivity index is 1.76. The number of H-pyrrole nitrogens is 1. The van der Waals surface area contributed by atoms with Crippen LogP contribution in [0.15, 0.2) is 35.9 Å². The fraction of sp³-hybridized carbons (Fsp3) is 0.400. The minimum atomic E-state index is -0.494. The van der Waals surface area contributed by atoms with E-state index in [9.17, 15) is 14.7 Å². The normalized spacial score (nSPS) is 29.3. The van der Waals surface area contributed by atoms with Gasteiger partial charge in [-0.3, -0.25) is 9.59 Å². The lowest BCUT2D eigenvalue weighted by atomic mass is 9.69. The molecule has 128 valence electrons. The molecule has 0 amide bonds. The van der Waals surface area contributed by atoms with Gasteiger partial charge in [0.15, 0.2) is 11.6 Å². The van der Waals surface area contributed by atoms with Crippen LogP contribution in [0.4, 0.5) is 0 Å². The SMILES string of the molecule is CC(=O)C1=C(O)N2[C@H](C1=O)[C@H]1c3c[nH]c4cccc(c34)C[C@H]1C2(C)C. The number of Topliss-reactive ketones (excluding diaryl/α,β-unsaturated/α-hetero) is 2. The van der Waals surface area contributed by atoms with Crippen LogP contribution in [-0.4, -0.2) is 38.1 Å². The Hall–Kier alpha value is -2.56. The van der Waals surface area contributed by atoms with Crippen molar-refractivity contribution in [2.75, 3.05) is 0 Å². The van der Waals surface area contributed by atoms with E-state index >= 15 is 0 Å². The summed E-state index contributed by atoms with van der Waals surface area (Å²) in [5.74, 6) is -0.562. The summed E-state index contributed by atoms with van der Waals surface area (Å²) in [6, 6.07) is 5.76. The molecule has 1 aromatic carbocycles. The molecular weight excluding hydrogens is 316 g/mol. The molecule has 0 saturated carbocycles. The number of carbonyl (C=O) groups is 2. The van der Waals surface area contributed by atoms with Crippen LogP contribution in [0, 0.1) is 5.92 Å². The van der Waals surface area contributed by atoms with Crippen LogP contribution in [0.5, 0.6) is 0 Å². The number of aromatic amines is 1. The number of hydrogen-bond acceptors (Lipinski definition) is 4. The van der Waals surface area contributed by atoms with E-state index in [0.29, 0.717) is 0 Å². The summed E-state index contributed by atoms with van der Waals surface area (Å²) in [5, 5.41) is 11.9. The maximum Gasteiger partial charge on any atom is 0.202 e. The first-order valence-corrected chi connectivity index (χ1v) is 8.70. The predicted molar refractivity (Wildman–Crippen MR) is 93.3 cm³/mol. The highest BCUT2D eigenvalue weighted by atomic mass is 16.3. The fourth-order valence-corrected chi connectivity index (χ4v) is 5.47. The number of fused-ring (bicyclic) bond motifs is 4. The highest BCUT2D eigenvalue weighted by Gasteiger charge is 2.63. The van der Waals surface area contributed by atoms with E-state index in [1.807, 2.05) is 12.3 Å². The van der Waals surface area contributed by atoms with Crippen LogP contribution in [0.2, 0.25) is 0 Å². The van der Waals surface area contributed by atoms with E-state index in [1.165, 1.54) is 17.9 Å². The van der Waals surface area contributed by atoms with Crippen LogP contribution in [-0.2, 0) is 16.0 Å². The summed E-state index contributed by atoms with van der Waals surface area (Å²) in [6.07, 6.45) is 2.86. The second kappa shape index (κ2) is 4.34. The Morgan fingerprint density at radius 2 is 2.12 bits per heavy atom. The second-order valence-electron chi connectivity index (χ2n) is 8.01. The quantitative estimate of drug-likeness (QED) is 0.786. The van der Waals surface area contributed by atoms with Gasteiger partial charge in [-0.15, -0.1) is 0 Å². The molecule has 2 N–H and O–H groups in total. The largest absolute Gasteiger partial charge is 0.494 e. The van der Waals surface area contributed by atoms with E-state index in [-0.39, 0.29) is 34.9 Å². The molecule has 0 bridgehead atoms. The summed E-state index contributed by atoms with van der Waals surface area (Å²) in [6.45, 7) is 5.48. The highest BCUT2D eigenvalue weighted by Crippen LogP contribution is 2.57. The van der Waals surface area contributed by atoms with E-state index in [1.54, 1.807) is 4.90 Å². The molecule has 0 radical (unpaired) electrons. The molecule has 3 aliphatic rings. The van der Waals surface area contributed by atoms with Crippen LogP contribution >= 0.6 is 0 Å². The fourth-order valence-electron chi connectivity index (χ4n) is 5.47. The minimum Gasteiger partial charge on any atom is -0.494 e. The molecule has 2 aromatic rings. The number of aliphatic hydroxyl groups is 1. The Kier molecular flexibility index (Phi) is 2.56. The molecule has 1 aliphatic carbocycles. The van der Waals surface area contributed by atoms with Crippen molar-refractivity contribution in [1.29, 1.82) is 0 Å². The van der Waals surface area contributed by atoms with Gasteiger partial charge in [0.25, 0.3) is 0 Å². The zero-order chi connectivity index (χ0) is 17.7. The summed E-state index contributed by atoms with van der Waals surface area (Å²) < 4.78 is 0. The molecule has 5 heteroatoms. The number of nitrogens with zero attached hydrogens (tertiary/aromatic N) is 1. The molecule has 2 aliphatic heterocycles. The Morgan fingerprint density at radius 1 is 1.36 bits per heavy atom. The Bertz CT molecular complexity index is 998. The zero-order valence-electron chi connectivity index (χ0n) is 14.5. The second-order valence-corrected chi connectivity index (χ2v) is 8.01. The minimum absolute atomic E-state index is 0.0230. The van der Waals surface area contributed by atoms with Gasteiger partial charge >= 0.3 is 0 Å². The van der Waals surface area contributed by atoms with Gasteiger partial charge in [0.2, 0.25) is 5.88 Å². The standard InChI is InChI=1S/C20H20N2O3/c1-9(23)14-18(24)17-16-11-8-21-13-6-4-5-10(15(11)13)7-12(16)20(2,3)22(17)19(14)25/h4-6,8,12,16-17,21,25H,7H2,1-3H3/t12-,16+,17+/m1/s1. The number of aliphatic hydroxyl groups excluding tert-OH is 1. The van der Waals surface area contributed by atoms with E-state index < -0.39 is 11.6 Å². The third kappa shape index (κ3) is 1.54. The van der Waals surface area contributed by atoms with E-state index in [4.69, 9.17) is 0 Å². The van der Waals surface area contributed by atoms with Gasteiger partial charge < -0.3 is 15.0 Å². The molecule has 25 heavy (non-hydrogen) atoms. The molecule has 0 unspecified atom stereocenters. The lowest BCUT2D eigenvalue weighted by molar-refractivity contribution is -0.121. The smallest absolute Gasteiger partial charge is 0.202 e. The molecule has 1 saturated heterocycles. The lowest BCUT2D eigenvalue weighted by Gasteiger charge is -2.37. The third-order valence-electron chi connectivity index (χ3n) is 6.52. The van der Waals surface area contributed by atoms with Crippen LogP contribution < -0.4 is 0 Å². The van der Waals surface area contributed by atoms with Crippen molar-refractivity contribution in [3.8, 4) is 0 Å². The average molecular weight is 336 g/mol. The first-order valence-electron chi connectivity index (χ1n) is 8.70. The molecule has 3 heterocycles. The zero-order valence-corrected chi connectivity index (χ0v) is 14.5. The van der Waals surface area contributed by atoms with Crippen molar-refractivity contribution in [3.05, 3.63) is 47.0 Å². The number of rotatable bonds is 1. The predicted octanol–water partition coefficient (Wildman–Crippen LogP) is 2.83. The van der Waals surface area contributed by atoms with Crippen molar-refractivity contribution in [2.45, 2.75) is 44.7 Å². The molecule has 1 fully saturated rings. The molecule has 1 aromatic heterocycles. The summed E-state index contributed by atoms with van der Waals surface area (Å²) >= 11 is 0. The summed E-state index contributed by atoms with van der Waals surface area (Å²) in [7, 11) is 0. The maximum atomic E-state index is 13.0. The average Bonchev–Trinajstić information content (AvgIpc) is 3.14. The number of aromatic nitrogens is 1. The van der Waals surface area contributed by atoms with Gasteiger partial charge in [-0.25, -0.2) is 0 Å². The van der Waals surface area contributed by atoms with Crippen molar-refractivity contribution in [3.63, 3.8) is 0 Å². The van der Waals surface area contributed by atoms with Gasteiger partial charge in [0, 0.05) is 28.6 Å². The number of benzene rings is 1. The molecule has 5 rings (SSSR count). The summed E-state index contributed by atoms with van der Waals surface area (Å²) in [5.41, 5.74) is 3.04. The van der Waals surface area contributed by atoms with Gasteiger partial charge in [-0.2, -0.15) is 0 Å². The van der Waals surface area contributed by atoms with Gasteiger partial charge in [-0.1, -0.05) is 12.1 Å². The first-order chi connectivity index (χ1) is 11.8. The van der Waals surface area contributed by atoms with Crippen LogP contribution in [0.1, 0.15) is 37.8 Å². The van der Waals surface area contributed by atoms with Crippen LogP contribution in [0.25, 0.3) is 10.9 Å². The van der Waals surface area contributed by atoms with Crippen molar-refractivity contribution in [2.24, 2.45) is 5.92 Å². The van der Waals surface area contributed by atoms with Gasteiger partial charge in [0.05, 0.1) is 0 Å². The topological polar surface area (TPSA) is 73.4 Å². The highest BCUT2D eigenvalue weighted by molar-refractivity contribution is 6.23. The Labute approximate surface area is 145 Å². The molecule has 3 atom stereocenters. The maximum absolute atomic E-state index is 13.0. The first kappa shape index (κ1) is 14.8. The Morgan fingerprint density at radius 3 is 2.84 bits per heavy atom. The number of ketones is 2. The monoisotopic (exact) mass is 336 g/mol. The number of carbonyl (C=O) groups excluding carboxylic acids is 2. The molecule has 0 spiro atoms. The number of hydrogen-bond donors (Lipinski definition) is 2. The molecular formula is C20H20N2O3.